The second kappa shape index (κ2) is 7.03. The van der Waals surface area contributed by atoms with E-state index in [1.165, 1.54) is 6.26 Å². The van der Waals surface area contributed by atoms with Crippen LogP contribution in [0.4, 0.5) is 0 Å². The van der Waals surface area contributed by atoms with Crippen molar-refractivity contribution in [2.24, 2.45) is 7.05 Å². The lowest BCUT2D eigenvalue weighted by Crippen LogP contribution is -2.45. The number of aromatic nitrogens is 1. The van der Waals surface area contributed by atoms with Crippen LogP contribution in [0.25, 0.3) is 10.9 Å². The van der Waals surface area contributed by atoms with E-state index in [1.54, 1.807) is 30.7 Å². The monoisotopic (exact) mass is 359 g/mol. The zero-order chi connectivity index (χ0) is 18.0. The number of halogens is 1. The predicted octanol–water partition coefficient (Wildman–Crippen LogP) is 2.86. The number of hydrogen-bond acceptors (Lipinski definition) is 3. The van der Waals surface area contributed by atoms with Crippen LogP contribution in [0.2, 0.25) is 5.02 Å². The molecule has 0 radical (unpaired) electrons. The van der Waals surface area contributed by atoms with Crippen molar-refractivity contribution in [2.75, 3.05) is 0 Å². The van der Waals surface area contributed by atoms with Crippen LogP contribution < -0.4 is 10.6 Å². The Morgan fingerprint density at radius 1 is 1.24 bits per heavy atom. The highest BCUT2D eigenvalue weighted by molar-refractivity contribution is 6.38. The van der Waals surface area contributed by atoms with Crippen molar-refractivity contribution < 1.29 is 14.0 Å². The summed E-state index contributed by atoms with van der Waals surface area (Å²) in [6.07, 6.45) is 1.54. The fraction of sp³-hybridized carbons (Fsp3) is 0.222. The summed E-state index contributed by atoms with van der Waals surface area (Å²) in [5, 5.41) is 6.56. The van der Waals surface area contributed by atoms with E-state index in [4.69, 9.17) is 16.0 Å². The molecule has 130 valence electrons. The first-order valence-corrected chi connectivity index (χ1v) is 8.20. The smallest absolute Gasteiger partial charge is 0.270 e. The maximum absolute atomic E-state index is 12.6. The van der Waals surface area contributed by atoms with Gasteiger partial charge in [-0.15, -0.1) is 0 Å². The Morgan fingerprint density at radius 3 is 2.68 bits per heavy atom. The maximum Gasteiger partial charge on any atom is 0.270 e. The van der Waals surface area contributed by atoms with Crippen molar-refractivity contribution in [1.82, 2.24) is 15.2 Å². The number of fused-ring (bicyclic) bond motifs is 1. The lowest BCUT2D eigenvalue weighted by molar-refractivity contribution is -0.122. The highest BCUT2D eigenvalue weighted by atomic mass is 35.5. The van der Waals surface area contributed by atoms with Gasteiger partial charge in [0.25, 0.3) is 5.91 Å². The normalized spacial score (nSPS) is 12.1. The van der Waals surface area contributed by atoms with Crippen LogP contribution in [0, 0.1) is 0 Å². The van der Waals surface area contributed by atoms with E-state index in [9.17, 15) is 9.59 Å². The summed E-state index contributed by atoms with van der Waals surface area (Å²) < 4.78 is 6.88. The Hall–Kier alpha value is -2.73. The van der Waals surface area contributed by atoms with Crippen molar-refractivity contribution in [1.29, 1.82) is 0 Å². The van der Waals surface area contributed by atoms with E-state index >= 15 is 0 Å². The number of benzene rings is 1. The van der Waals surface area contributed by atoms with Gasteiger partial charge in [0.05, 0.1) is 17.8 Å². The first kappa shape index (κ1) is 17.1. The Balaban J connectivity index is 1.70. The maximum atomic E-state index is 12.6. The second-order valence-electron chi connectivity index (χ2n) is 5.73. The minimum absolute atomic E-state index is 0.265. The quantitative estimate of drug-likeness (QED) is 0.735. The molecule has 1 atom stereocenters. The average molecular weight is 360 g/mol. The van der Waals surface area contributed by atoms with Gasteiger partial charge in [0.2, 0.25) is 5.91 Å². The fourth-order valence-corrected chi connectivity index (χ4v) is 3.04. The zero-order valence-electron chi connectivity index (χ0n) is 13.9. The van der Waals surface area contributed by atoms with Gasteiger partial charge in [-0.2, -0.15) is 0 Å². The molecule has 0 aliphatic rings. The molecule has 0 saturated heterocycles. The van der Waals surface area contributed by atoms with E-state index in [0.717, 1.165) is 10.9 Å². The van der Waals surface area contributed by atoms with E-state index < -0.39 is 11.9 Å². The molecule has 7 heteroatoms. The number of carbonyl (C=O) groups excluding carboxylic acids is 2. The highest BCUT2D eigenvalue weighted by Gasteiger charge is 2.23. The first-order chi connectivity index (χ1) is 12.0. The van der Waals surface area contributed by atoms with Gasteiger partial charge < -0.3 is 19.6 Å². The van der Waals surface area contributed by atoms with Crippen LogP contribution in [0.5, 0.6) is 0 Å². The topological polar surface area (TPSA) is 76.3 Å². The number of carbonyl (C=O) groups is 2. The number of rotatable bonds is 5. The second-order valence-corrected chi connectivity index (χ2v) is 6.11. The van der Waals surface area contributed by atoms with Gasteiger partial charge >= 0.3 is 0 Å². The largest absolute Gasteiger partial charge is 0.467 e. The Kier molecular flexibility index (Phi) is 4.81. The third-order valence-corrected chi connectivity index (χ3v) is 4.40. The van der Waals surface area contributed by atoms with Crippen LogP contribution in [-0.4, -0.2) is 22.4 Å². The van der Waals surface area contributed by atoms with Crippen molar-refractivity contribution in [2.45, 2.75) is 19.5 Å². The highest BCUT2D eigenvalue weighted by Crippen LogP contribution is 2.29. The Bertz CT molecular complexity index is 876. The van der Waals surface area contributed by atoms with Gasteiger partial charge in [-0.3, -0.25) is 9.59 Å². The molecule has 2 aromatic heterocycles. The molecule has 0 aliphatic carbocycles. The number of aryl methyl sites for hydroxylation is 1. The van der Waals surface area contributed by atoms with E-state index in [-0.39, 0.29) is 12.5 Å². The third-order valence-electron chi connectivity index (χ3n) is 4.02. The van der Waals surface area contributed by atoms with E-state index in [0.29, 0.717) is 16.5 Å². The molecule has 2 heterocycles. The molecule has 0 bridgehead atoms. The van der Waals surface area contributed by atoms with Crippen LogP contribution in [-0.2, 0) is 18.4 Å². The molecule has 1 aromatic carbocycles. The summed E-state index contributed by atoms with van der Waals surface area (Å²) in [5.41, 5.74) is 1.18. The average Bonchev–Trinajstić information content (AvgIpc) is 3.20. The van der Waals surface area contributed by atoms with Gasteiger partial charge in [-0.25, -0.2) is 0 Å². The lowest BCUT2D eigenvalue weighted by atomic mass is 10.2. The first-order valence-electron chi connectivity index (χ1n) is 7.83. The van der Waals surface area contributed by atoms with Crippen LogP contribution >= 0.6 is 11.6 Å². The summed E-state index contributed by atoms with van der Waals surface area (Å²) in [7, 11) is 1.77. The molecule has 0 spiro atoms. The number of amides is 2. The molecule has 1 unspecified atom stereocenters. The number of nitrogens with zero attached hydrogens (tertiary/aromatic N) is 1. The predicted molar refractivity (Wildman–Crippen MR) is 95.4 cm³/mol. The zero-order valence-corrected chi connectivity index (χ0v) is 14.6. The van der Waals surface area contributed by atoms with Crippen molar-refractivity contribution >= 4 is 34.3 Å². The number of para-hydroxylation sites is 1. The van der Waals surface area contributed by atoms with Crippen LogP contribution in [0.1, 0.15) is 23.2 Å². The molecule has 2 amide bonds. The number of furan rings is 1. The SMILES string of the molecule is CC(NC(=O)c1c(Cl)c2ccccc2n1C)C(=O)NCc1ccco1. The molecule has 6 nitrogen and oxygen atoms in total. The van der Waals surface area contributed by atoms with Crippen molar-refractivity contribution in [3.8, 4) is 0 Å². The summed E-state index contributed by atoms with van der Waals surface area (Å²) >= 11 is 6.35. The minimum atomic E-state index is -0.712. The van der Waals surface area contributed by atoms with Gasteiger partial charge in [-0.05, 0) is 25.1 Å². The molecule has 0 fully saturated rings. The van der Waals surface area contributed by atoms with Gasteiger partial charge in [0.1, 0.15) is 17.5 Å². The minimum Gasteiger partial charge on any atom is -0.467 e. The standard InChI is InChI=1S/C18H18ClN3O3/c1-11(17(23)20-10-12-6-5-9-25-12)21-18(24)16-15(19)13-7-3-4-8-14(13)22(16)2/h3-9,11H,10H2,1-2H3,(H,20,23)(H,21,24). The summed E-state index contributed by atoms with van der Waals surface area (Å²) in [6, 6.07) is 10.3. The molecule has 3 rings (SSSR count). The van der Waals surface area contributed by atoms with Crippen LogP contribution in [0.3, 0.4) is 0 Å². The van der Waals surface area contributed by atoms with Crippen molar-refractivity contribution in [3.05, 3.63) is 59.1 Å². The number of hydrogen-bond donors (Lipinski definition) is 2. The molecule has 0 saturated carbocycles. The fourth-order valence-electron chi connectivity index (χ4n) is 2.67. The summed E-state index contributed by atoms with van der Waals surface area (Å²) in [4.78, 5) is 24.7. The summed E-state index contributed by atoms with van der Waals surface area (Å²) in [6.45, 7) is 1.88. The summed E-state index contributed by atoms with van der Waals surface area (Å²) in [5.74, 6) is -0.0624. The van der Waals surface area contributed by atoms with Gasteiger partial charge in [0, 0.05) is 18.0 Å². The Morgan fingerprint density at radius 2 is 2.00 bits per heavy atom. The molecule has 25 heavy (non-hydrogen) atoms. The Labute approximate surface area is 149 Å². The molecular formula is C18H18ClN3O3. The third kappa shape index (κ3) is 3.39. The molecule has 0 aliphatic heterocycles. The molecule has 3 aromatic rings. The van der Waals surface area contributed by atoms with E-state index in [1.807, 2.05) is 24.3 Å². The lowest BCUT2D eigenvalue weighted by Gasteiger charge is -2.14. The van der Waals surface area contributed by atoms with Crippen molar-refractivity contribution in [3.63, 3.8) is 0 Å². The molecular weight excluding hydrogens is 342 g/mol. The van der Waals surface area contributed by atoms with Gasteiger partial charge in [0.15, 0.2) is 0 Å². The number of nitrogens with one attached hydrogen (secondary N) is 2. The van der Waals surface area contributed by atoms with Gasteiger partial charge in [-0.1, -0.05) is 29.8 Å². The molecule has 2 N–H and O–H groups in total. The van der Waals surface area contributed by atoms with Crippen LogP contribution in [0.15, 0.2) is 47.1 Å². The van der Waals surface area contributed by atoms with E-state index in [2.05, 4.69) is 10.6 Å².